The van der Waals surface area contributed by atoms with Crippen LogP contribution in [0.3, 0.4) is 0 Å². The normalized spacial score (nSPS) is 28.0. The van der Waals surface area contributed by atoms with Gasteiger partial charge in [-0.3, -0.25) is 9.69 Å². The lowest BCUT2D eigenvalue weighted by Gasteiger charge is -2.52. The number of nitrogens with one attached hydrogen (secondary N) is 1. The summed E-state index contributed by atoms with van der Waals surface area (Å²) in [4.78, 5) is 31.8. The second-order valence-corrected chi connectivity index (χ2v) is 13.6. The van der Waals surface area contributed by atoms with E-state index in [2.05, 4.69) is 48.6 Å². The lowest BCUT2D eigenvalue weighted by molar-refractivity contribution is -0.121. The number of β-amino-alcohol motifs (C(OH)–C–C–N with tert-alkyl or cyclic N) is 1. The number of aliphatic hydroxyl groups is 1. The van der Waals surface area contributed by atoms with Crippen LogP contribution in [0.2, 0.25) is 0 Å². The van der Waals surface area contributed by atoms with Crippen LogP contribution in [0.5, 0.6) is 0 Å². The molecule has 0 radical (unpaired) electrons. The molecule has 0 atom stereocenters. The van der Waals surface area contributed by atoms with E-state index in [9.17, 15) is 23.1 Å². The molecule has 0 bridgehead atoms. The van der Waals surface area contributed by atoms with E-state index >= 15 is 0 Å². The Morgan fingerprint density at radius 3 is 2.25 bits per heavy atom. The van der Waals surface area contributed by atoms with Crippen molar-refractivity contribution in [3.63, 3.8) is 0 Å². The average Bonchev–Trinajstić information content (AvgIpc) is 3.03. The first-order valence-corrected chi connectivity index (χ1v) is 14.9. The number of carbonyl (C=O) groups is 2. The lowest BCUT2D eigenvalue weighted by atomic mass is 9.67. The van der Waals surface area contributed by atoms with Gasteiger partial charge >= 0.3 is 6.03 Å². The van der Waals surface area contributed by atoms with Gasteiger partial charge in [-0.05, 0) is 64.6 Å². The summed E-state index contributed by atoms with van der Waals surface area (Å²) < 4.78 is 22.7. The van der Waals surface area contributed by atoms with Gasteiger partial charge in [0.2, 0.25) is 5.91 Å². The molecule has 3 fully saturated rings. The lowest BCUT2D eigenvalue weighted by Crippen LogP contribution is -2.59. The van der Waals surface area contributed by atoms with Crippen molar-refractivity contribution in [3.8, 4) is 0 Å². The molecule has 0 aromatic heterocycles. The van der Waals surface area contributed by atoms with Crippen molar-refractivity contribution in [1.82, 2.24) is 20.0 Å². The average molecular weight is 521 g/mol. The molecule has 1 spiro atoms. The number of carbonyl (C=O) groups excluding carboxylic acids is 2. The van der Waals surface area contributed by atoms with E-state index in [1.165, 1.54) is 5.56 Å². The first-order valence-electron chi connectivity index (χ1n) is 12.8. The molecule has 1 aromatic rings. The number of hydrogen-bond acceptors (Lipinski definition) is 6. The van der Waals surface area contributed by atoms with Crippen molar-refractivity contribution < 1.29 is 23.1 Å². The summed E-state index contributed by atoms with van der Waals surface area (Å²) in [6.45, 7) is 0.631. The molecular weight excluding hydrogens is 480 g/mol. The van der Waals surface area contributed by atoms with E-state index < -0.39 is 21.0 Å². The van der Waals surface area contributed by atoms with Gasteiger partial charge in [0.05, 0.1) is 23.4 Å². The SMILES string of the molecule is CN(C)[C@]1(c2ccccc2)CC[C@@]2(CC1)CN(CC(=O)NCCS(C)(=O)=O)C(=O)N2CC1(O)CCC1. The van der Waals surface area contributed by atoms with Crippen LogP contribution in [0.15, 0.2) is 30.3 Å². The third-order valence-electron chi connectivity index (χ3n) is 8.60. The van der Waals surface area contributed by atoms with E-state index in [4.69, 9.17) is 0 Å². The molecule has 1 aliphatic heterocycles. The minimum Gasteiger partial charge on any atom is -0.388 e. The zero-order valence-corrected chi connectivity index (χ0v) is 22.5. The molecule has 10 heteroatoms. The number of urea groups is 1. The van der Waals surface area contributed by atoms with Crippen LogP contribution >= 0.6 is 0 Å². The molecule has 1 aromatic carbocycles. The molecular formula is C26H40N4O5S. The molecule has 4 rings (SSSR count). The Bertz CT molecular complexity index is 1060. The van der Waals surface area contributed by atoms with E-state index in [0.29, 0.717) is 25.9 Å². The highest BCUT2D eigenvalue weighted by Crippen LogP contribution is 2.50. The summed E-state index contributed by atoms with van der Waals surface area (Å²) in [5.41, 5.74) is -0.166. The molecule has 2 aliphatic carbocycles. The predicted molar refractivity (Wildman–Crippen MR) is 138 cm³/mol. The number of amides is 3. The standard InChI is InChI=1S/C26H40N4O5S/c1-28(2)26(21-8-5-4-6-9-21)14-12-24(13-15-26)19-29(18-22(31)27-16-17-36(3,34)35)23(32)30(24)20-25(33)10-7-11-25/h4-6,8-9,33H,7,10-20H2,1-3H3,(H,27,31)/t24-,26-. The number of sulfone groups is 1. The largest absolute Gasteiger partial charge is 0.388 e. The zero-order chi connectivity index (χ0) is 26.2. The van der Waals surface area contributed by atoms with E-state index in [1.807, 2.05) is 11.0 Å². The van der Waals surface area contributed by atoms with Crippen LogP contribution in [0.25, 0.3) is 0 Å². The van der Waals surface area contributed by atoms with Crippen molar-refractivity contribution in [2.75, 3.05) is 52.3 Å². The van der Waals surface area contributed by atoms with E-state index in [-0.39, 0.29) is 36.3 Å². The third kappa shape index (κ3) is 5.40. The number of benzene rings is 1. The van der Waals surface area contributed by atoms with Gasteiger partial charge in [0, 0.05) is 24.9 Å². The molecule has 1 saturated heterocycles. The van der Waals surface area contributed by atoms with Crippen molar-refractivity contribution >= 4 is 21.8 Å². The summed E-state index contributed by atoms with van der Waals surface area (Å²) in [7, 11) is 1.03. The summed E-state index contributed by atoms with van der Waals surface area (Å²) >= 11 is 0. The number of rotatable bonds is 9. The van der Waals surface area contributed by atoms with Crippen molar-refractivity contribution in [3.05, 3.63) is 35.9 Å². The Labute approximate surface area is 214 Å². The van der Waals surface area contributed by atoms with Gasteiger partial charge in [0.1, 0.15) is 16.4 Å². The van der Waals surface area contributed by atoms with Crippen molar-refractivity contribution in [2.45, 2.75) is 61.6 Å². The van der Waals surface area contributed by atoms with Gasteiger partial charge in [0.15, 0.2) is 0 Å². The fourth-order valence-electron chi connectivity index (χ4n) is 6.18. The predicted octanol–water partition coefficient (Wildman–Crippen LogP) is 1.57. The second-order valence-electron chi connectivity index (χ2n) is 11.3. The molecule has 200 valence electrons. The van der Waals surface area contributed by atoms with Crippen molar-refractivity contribution in [1.29, 1.82) is 0 Å². The molecule has 0 unspecified atom stereocenters. The maximum absolute atomic E-state index is 13.6. The van der Waals surface area contributed by atoms with Crippen LogP contribution in [0.4, 0.5) is 4.79 Å². The van der Waals surface area contributed by atoms with Gasteiger partial charge in [-0.1, -0.05) is 30.3 Å². The topological polar surface area (TPSA) is 110 Å². The quantitative estimate of drug-likeness (QED) is 0.512. The summed E-state index contributed by atoms with van der Waals surface area (Å²) in [5, 5.41) is 13.6. The molecule has 9 nitrogen and oxygen atoms in total. The minimum atomic E-state index is -3.18. The molecule has 1 heterocycles. The Morgan fingerprint density at radius 2 is 1.72 bits per heavy atom. The van der Waals surface area contributed by atoms with Gasteiger partial charge in [-0.2, -0.15) is 0 Å². The summed E-state index contributed by atoms with van der Waals surface area (Å²) in [6, 6.07) is 10.3. The monoisotopic (exact) mass is 520 g/mol. The van der Waals surface area contributed by atoms with Gasteiger partial charge in [0.25, 0.3) is 0 Å². The molecule has 36 heavy (non-hydrogen) atoms. The van der Waals surface area contributed by atoms with Gasteiger partial charge in [-0.25, -0.2) is 13.2 Å². The Balaban J connectivity index is 1.52. The molecule has 2 N–H and O–H groups in total. The van der Waals surface area contributed by atoms with Crippen LogP contribution in [0.1, 0.15) is 50.5 Å². The van der Waals surface area contributed by atoms with Crippen LogP contribution in [-0.2, 0) is 20.2 Å². The Hall–Kier alpha value is -2.17. The highest BCUT2D eigenvalue weighted by molar-refractivity contribution is 7.90. The van der Waals surface area contributed by atoms with E-state index in [1.54, 1.807) is 4.90 Å². The number of nitrogens with zero attached hydrogens (tertiary/aromatic N) is 3. The fourth-order valence-corrected chi connectivity index (χ4v) is 6.66. The third-order valence-corrected chi connectivity index (χ3v) is 9.55. The van der Waals surface area contributed by atoms with Crippen LogP contribution in [0, 0.1) is 0 Å². The van der Waals surface area contributed by atoms with Crippen LogP contribution in [-0.4, -0.2) is 104 Å². The maximum atomic E-state index is 13.6. The smallest absolute Gasteiger partial charge is 0.321 e. The van der Waals surface area contributed by atoms with Crippen LogP contribution < -0.4 is 5.32 Å². The Morgan fingerprint density at radius 1 is 1.08 bits per heavy atom. The number of hydrogen-bond donors (Lipinski definition) is 2. The summed E-state index contributed by atoms with van der Waals surface area (Å²) in [5.74, 6) is -0.504. The second kappa shape index (κ2) is 9.95. The Kier molecular flexibility index (Phi) is 7.43. The van der Waals surface area contributed by atoms with E-state index in [0.717, 1.165) is 38.4 Å². The highest BCUT2D eigenvalue weighted by Gasteiger charge is 2.56. The highest BCUT2D eigenvalue weighted by atomic mass is 32.2. The van der Waals surface area contributed by atoms with Crippen molar-refractivity contribution in [2.24, 2.45) is 0 Å². The first kappa shape index (κ1) is 26.9. The van der Waals surface area contributed by atoms with Gasteiger partial charge in [-0.15, -0.1) is 0 Å². The fraction of sp³-hybridized carbons (Fsp3) is 0.692. The van der Waals surface area contributed by atoms with Gasteiger partial charge < -0.3 is 20.2 Å². The first-order chi connectivity index (χ1) is 16.9. The zero-order valence-electron chi connectivity index (χ0n) is 21.7. The summed E-state index contributed by atoms with van der Waals surface area (Å²) in [6.07, 6.45) is 6.72. The molecule has 3 amide bonds. The molecule has 3 aliphatic rings. The maximum Gasteiger partial charge on any atom is 0.321 e. The minimum absolute atomic E-state index is 0.0245. The molecule has 2 saturated carbocycles.